The van der Waals surface area contributed by atoms with Crippen molar-refractivity contribution >= 4 is 29.3 Å². The molecule has 2 N–H and O–H groups in total. The van der Waals surface area contributed by atoms with Crippen molar-refractivity contribution in [2.75, 3.05) is 18.2 Å². The number of hydrogen-bond acceptors (Lipinski definition) is 4. The maximum atomic E-state index is 13.3. The van der Waals surface area contributed by atoms with Gasteiger partial charge < -0.3 is 15.4 Å². The van der Waals surface area contributed by atoms with Crippen molar-refractivity contribution in [2.24, 2.45) is 17.8 Å². The molecule has 4 saturated carbocycles. The molecule has 0 saturated heterocycles. The lowest BCUT2D eigenvalue weighted by Crippen LogP contribution is -2.60. The lowest BCUT2D eigenvalue weighted by atomic mass is 9.53. The third kappa shape index (κ3) is 5.29. The number of carbonyl (C=O) groups is 2. The minimum atomic E-state index is -0.205. The van der Waals surface area contributed by atoms with Gasteiger partial charge in [-0.3, -0.25) is 9.59 Å². The molecule has 0 unspecified atom stereocenters. The van der Waals surface area contributed by atoms with Gasteiger partial charge in [0.05, 0.1) is 24.1 Å². The molecule has 6 heteroatoms. The first-order valence-corrected chi connectivity index (χ1v) is 14.2. The highest BCUT2D eigenvalue weighted by Gasteiger charge is 2.51. The highest BCUT2D eigenvalue weighted by molar-refractivity contribution is 8.00. The van der Waals surface area contributed by atoms with Crippen molar-refractivity contribution in [3.8, 4) is 5.75 Å². The van der Waals surface area contributed by atoms with Crippen molar-refractivity contribution < 1.29 is 14.3 Å². The van der Waals surface area contributed by atoms with E-state index in [0.29, 0.717) is 22.8 Å². The molecular weight excluding hydrogens is 468 g/mol. The molecule has 4 aliphatic carbocycles. The second-order valence-electron chi connectivity index (χ2n) is 12.2. The van der Waals surface area contributed by atoms with Crippen molar-refractivity contribution in [2.45, 2.75) is 75.1 Å². The Morgan fingerprint density at radius 1 is 1.00 bits per heavy atom. The topological polar surface area (TPSA) is 67.4 Å². The summed E-state index contributed by atoms with van der Waals surface area (Å²) in [5, 5.41) is 6.49. The van der Waals surface area contributed by atoms with E-state index in [9.17, 15) is 9.59 Å². The van der Waals surface area contributed by atoms with Gasteiger partial charge in [0, 0.05) is 10.4 Å². The van der Waals surface area contributed by atoms with Crippen LogP contribution >= 0.6 is 11.8 Å². The summed E-state index contributed by atoms with van der Waals surface area (Å²) in [5.74, 6) is 3.19. The standard InChI is InChI=1S/C30H38N2O3S/c1-29(2,3)22-9-10-25(35-4)24(14-22)31-28(34)23-7-5-6-8-26(23)36-18-27(33)32-30-15-19-11-20(16-30)13-21(12-19)17-30/h5-10,14,19-21H,11-13,15-18H2,1-4H3,(H,31,34)(H,32,33). The van der Waals surface area contributed by atoms with Crippen LogP contribution in [0.1, 0.15) is 75.2 Å². The van der Waals surface area contributed by atoms with E-state index >= 15 is 0 Å². The molecule has 2 aromatic rings. The zero-order chi connectivity index (χ0) is 25.5. The molecule has 0 heterocycles. The predicted molar refractivity (Wildman–Crippen MR) is 146 cm³/mol. The summed E-state index contributed by atoms with van der Waals surface area (Å²) in [6, 6.07) is 13.4. The van der Waals surface area contributed by atoms with Crippen LogP contribution in [0.2, 0.25) is 0 Å². The number of hydrogen-bond donors (Lipinski definition) is 2. The van der Waals surface area contributed by atoms with Crippen LogP contribution in [0.4, 0.5) is 5.69 Å². The Hall–Kier alpha value is -2.47. The van der Waals surface area contributed by atoms with Gasteiger partial charge in [-0.05, 0) is 91.5 Å². The minimum Gasteiger partial charge on any atom is -0.495 e. The molecule has 4 bridgehead atoms. The molecular formula is C30H38N2O3S. The summed E-state index contributed by atoms with van der Waals surface area (Å²) in [6.45, 7) is 6.42. The summed E-state index contributed by atoms with van der Waals surface area (Å²) in [7, 11) is 1.61. The Bertz CT molecular complexity index is 1120. The average molecular weight is 507 g/mol. The second-order valence-corrected chi connectivity index (χ2v) is 13.2. The molecule has 2 aromatic carbocycles. The molecule has 192 valence electrons. The van der Waals surface area contributed by atoms with Crippen LogP contribution in [0.25, 0.3) is 0 Å². The smallest absolute Gasteiger partial charge is 0.256 e. The summed E-state index contributed by atoms with van der Waals surface area (Å²) in [5.41, 5.74) is 2.28. The van der Waals surface area contributed by atoms with Crippen molar-refractivity contribution in [1.82, 2.24) is 5.32 Å². The number of rotatable bonds is 7. The van der Waals surface area contributed by atoms with Crippen LogP contribution < -0.4 is 15.4 Å². The first-order chi connectivity index (χ1) is 17.1. The van der Waals surface area contributed by atoms with Crippen LogP contribution in [0, 0.1) is 17.8 Å². The predicted octanol–water partition coefficient (Wildman–Crippen LogP) is 6.42. The van der Waals surface area contributed by atoms with E-state index in [0.717, 1.165) is 47.5 Å². The third-order valence-electron chi connectivity index (χ3n) is 8.25. The highest BCUT2D eigenvalue weighted by Crippen LogP contribution is 2.55. The van der Waals surface area contributed by atoms with Gasteiger partial charge in [0.15, 0.2) is 0 Å². The molecule has 0 atom stereocenters. The maximum Gasteiger partial charge on any atom is 0.256 e. The van der Waals surface area contributed by atoms with Crippen molar-refractivity contribution in [1.29, 1.82) is 0 Å². The zero-order valence-corrected chi connectivity index (χ0v) is 22.7. The number of anilines is 1. The number of amides is 2. The van der Waals surface area contributed by atoms with E-state index in [4.69, 9.17) is 4.74 Å². The Balaban J connectivity index is 1.26. The number of thioether (sulfide) groups is 1. The minimum absolute atomic E-state index is 0.0118. The second kappa shape index (κ2) is 9.77. The summed E-state index contributed by atoms with van der Waals surface area (Å²) < 4.78 is 5.50. The van der Waals surface area contributed by atoms with E-state index in [1.54, 1.807) is 7.11 Å². The zero-order valence-electron chi connectivity index (χ0n) is 21.9. The maximum absolute atomic E-state index is 13.3. The number of benzene rings is 2. The first-order valence-electron chi connectivity index (χ1n) is 13.2. The molecule has 4 aliphatic rings. The largest absolute Gasteiger partial charge is 0.495 e. The van der Waals surface area contributed by atoms with Crippen LogP contribution in [-0.2, 0) is 10.2 Å². The van der Waals surface area contributed by atoms with Gasteiger partial charge >= 0.3 is 0 Å². The molecule has 0 aromatic heterocycles. The fourth-order valence-electron chi connectivity index (χ4n) is 6.98. The van der Waals surface area contributed by atoms with E-state index in [-0.39, 0.29) is 22.8 Å². The Morgan fingerprint density at radius 3 is 2.25 bits per heavy atom. The third-order valence-corrected chi connectivity index (χ3v) is 9.32. The first kappa shape index (κ1) is 25.2. The fourth-order valence-corrected chi connectivity index (χ4v) is 7.83. The molecule has 36 heavy (non-hydrogen) atoms. The summed E-state index contributed by atoms with van der Waals surface area (Å²) >= 11 is 1.44. The summed E-state index contributed by atoms with van der Waals surface area (Å²) in [6.07, 6.45) is 7.50. The van der Waals surface area contributed by atoms with Gasteiger partial charge in [0.25, 0.3) is 5.91 Å². The Kier molecular flexibility index (Phi) is 6.84. The van der Waals surface area contributed by atoms with Gasteiger partial charge in [-0.15, -0.1) is 11.8 Å². The average Bonchev–Trinajstić information content (AvgIpc) is 2.81. The molecule has 6 rings (SSSR count). The van der Waals surface area contributed by atoms with Crippen LogP contribution in [-0.4, -0.2) is 30.2 Å². The molecule has 0 aliphatic heterocycles. The van der Waals surface area contributed by atoms with E-state index in [2.05, 4.69) is 31.4 Å². The van der Waals surface area contributed by atoms with E-state index < -0.39 is 0 Å². The number of methoxy groups -OCH3 is 1. The molecule has 5 nitrogen and oxygen atoms in total. The number of ether oxygens (including phenoxy) is 1. The number of nitrogens with one attached hydrogen (secondary N) is 2. The van der Waals surface area contributed by atoms with Crippen LogP contribution in [0.15, 0.2) is 47.4 Å². The molecule has 0 radical (unpaired) electrons. The van der Waals surface area contributed by atoms with E-state index in [1.807, 2.05) is 42.5 Å². The van der Waals surface area contributed by atoms with Gasteiger partial charge in [0.2, 0.25) is 5.91 Å². The summed E-state index contributed by atoms with van der Waals surface area (Å²) in [4.78, 5) is 27.2. The molecule has 0 spiro atoms. The monoisotopic (exact) mass is 506 g/mol. The quantitative estimate of drug-likeness (QED) is 0.425. The highest BCUT2D eigenvalue weighted by atomic mass is 32.2. The van der Waals surface area contributed by atoms with Gasteiger partial charge in [0.1, 0.15) is 5.75 Å². The molecule has 4 fully saturated rings. The van der Waals surface area contributed by atoms with E-state index in [1.165, 1.54) is 31.0 Å². The lowest BCUT2D eigenvalue weighted by Gasteiger charge is -2.56. The van der Waals surface area contributed by atoms with Crippen molar-refractivity contribution in [3.63, 3.8) is 0 Å². The van der Waals surface area contributed by atoms with Gasteiger partial charge in [-0.1, -0.05) is 39.0 Å². The normalized spacial score (nSPS) is 26.5. The van der Waals surface area contributed by atoms with Gasteiger partial charge in [-0.25, -0.2) is 0 Å². The molecule has 2 amide bonds. The van der Waals surface area contributed by atoms with Crippen LogP contribution in [0.3, 0.4) is 0 Å². The Labute approximate surface area is 219 Å². The number of carbonyl (C=O) groups excluding carboxylic acids is 2. The fraction of sp³-hybridized carbons (Fsp3) is 0.533. The van der Waals surface area contributed by atoms with Crippen LogP contribution in [0.5, 0.6) is 5.75 Å². The SMILES string of the molecule is COc1ccc(C(C)(C)C)cc1NC(=O)c1ccccc1SCC(=O)NC12CC3CC(CC(C3)C1)C2. The Morgan fingerprint density at radius 2 is 1.64 bits per heavy atom. The lowest BCUT2D eigenvalue weighted by molar-refractivity contribution is -0.124. The van der Waals surface area contributed by atoms with Gasteiger partial charge in [-0.2, -0.15) is 0 Å². The van der Waals surface area contributed by atoms with Crippen molar-refractivity contribution in [3.05, 3.63) is 53.6 Å².